The van der Waals surface area contributed by atoms with E-state index in [0.29, 0.717) is 10.8 Å². The highest BCUT2D eigenvalue weighted by atomic mass is 35.5. The number of aromatic nitrogens is 3. The first kappa shape index (κ1) is 22.9. The number of anilines is 1. The minimum Gasteiger partial charge on any atom is -0.367 e. The average Bonchev–Trinajstić information content (AvgIpc) is 3.44. The Kier molecular flexibility index (Phi) is 7.02. The lowest BCUT2D eigenvalue weighted by molar-refractivity contribution is 0.589. The zero-order valence-corrected chi connectivity index (χ0v) is 19.7. The summed E-state index contributed by atoms with van der Waals surface area (Å²) in [6.45, 7) is 5.52. The number of hydrogen-bond acceptors (Lipinski definition) is 7. The summed E-state index contributed by atoms with van der Waals surface area (Å²) >= 11 is 1.41. The van der Waals surface area contributed by atoms with Crippen LogP contribution in [0.2, 0.25) is 0 Å². The number of piperazine rings is 1. The fourth-order valence-electron chi connectivity index (χ4n) is 3.72. The molecule has 8 nitrogen and oxygen atoms in total. The quantitative estimate of drug-likeness (QED) is 0.399. The number of para-hydroxylation sites is 1. The summed E-state index contributed by atoms with van der Waals surface area (Å²) in [6, 6.07) is 17.8. The summed E-state index contributed by atoms with van der Waals surface area (Å²) in [5, 5.41) is 17.7. The van der Waals surface area contributed by atoms with Gasteiger partial charge in [-0.05, 0) is 19.1 Å². The van der Waals surface area contributed by atoms with Crippen LogP contribution in [-0.4, -0.2) is 40.9 Å². The van der Waals surface area contributed by atoms with Crippen molar-refractivity contribution in [1.82, 2.24) is 20.1 Å². The van der Waals surface area contributed by atoms with Gasteiger partial charge in [-0.2, -0.15) is 4.68 Å². The first-order chi connectivity index (χ1) is 15.7. The third-order valence-electron chi connectivity index (χ3n) is 5.39. The van der Waals surface area contributed by atoms with E-state index >= 15 is 0 Å². The molecule has 0 aliphatic carbocycles. The van der Waals surface area contributed by atoms with E-state index in [1.54, 1.807) is 0 Å². The summed E-state index contributed by atoms with van der Waals surface area (Å²) in [6.07, 6.45) is 0. The van der Waals surface area contributed by atoms with Gasteiger partial charge in [-0.1, -0.05) is 42.5 Å². The van der Waals surface area contributed by atoms with E-state index in [1.807, 2.05) is 66.9 Å². The number of H-pyrrole nitrogens is 1. The Bertz CT molecular complexity index is 1310. The fraction of sp³-hybridized carbons (Fsp3) is 0.217. The van der Waals surface area contributed by atoms with Crippen LogP contribution in [0.4, 0.5) is 17.1 Å². The number of aryl methyl sites for hydroxylation is 1. The van der Waals surface area contributed by atoms with Gasteiger partial charge in [-0.15, -0.1) is 34.0 Å². The van der Waals surface area contributed by atoms with Gasteiger partial charge in [0.05, 0.1) is 17.1 Å². The van der Waals surface area contributed by atoms with Crippen LogP contribution in [0.1, 0.15) is 5.69 Å². The predicted molar refractivity (Wildman–Crippen MR) is 135 cm³/mol. The average molecular weight is 482 g/mol. The highest BCUT2D eigenvalue weighted by molar-refractivity contribution is 7.12. The van der Waals surface area contributed by atoms with Gasteiger partial charge in [0.25, 0.3) is 0 Å². The molecule has 1 aliphatic heterocycles. The van der Waals surface area contributed by atoms with E-state index in [4.69, 9.17) is 0 Å². The van der Waals surface area contributed by atoms with Gasteiger partial charge >= 0.3 is 5.56 Å². The van der Waals surface area contributed by atoms with E-state index < -0.39 is 0 Å². The van der Waals surface area contributed by atoms with Crippen LogP contribution in [0, 0.1) is 6.92 Å². The number of benzene rings is 2. The lowest BCUT2D eigenvalue weighted by Gasteiger charge is -2.30. The summed E-state index contributed by atoms with van der Waals surface area (Å²) in [4.78, 5) is 20.0. The van der Waals surface area contributed by atoms with Gasteiger partial charge in [0, 0.05) is 37.1 Å². The first-order valence-corrected chi connectivity index (χ1v) is 11.4. The van der Waals surface area contributed by atoms with Crippen molar-refractivity contribution in [2.24, 2.45) is 10.2 Å². The second-order valence-corrected chi connectivity index (χ2v) is 8.37. The molecule has 33 heavy (non-hydrogen) atoms. The van der Waals surface area contributed by atoms with Crippen LogP contribution in [-0.2, 0) is 0 Å². The number of azo groups is 1. The first-order valence-electron chi connectivity index (χ1n) is 10.5. The Morgan fingerprint density at radius 3 is 2.52 bits per heavy atom. The number of rotatable bonds is 5. The minimum atomic E-state index is -0.264. The van der Waals surface area contributed by atoms with E-state index in [9.17, 15) is 4.79 Å². The van der Waals surface area contributed by atoms with Gasteiger partial charge in [-0.25, -0.2) is 4.98 Å². The van der Waals surface area contributed by atoms with Gasteiger partial charge in [-0.3, -0.25) is 9.89 Å². The molecule has 4 aromatic rings. The molecule has 0 atom stereocenters. The number of nitrogens with one attached hydrogen (secondary N) is 2. The zero-order chi connectivity index (χ0) is 21.9. The molecule has 170 valence electrons. The normalized spacial score (nSPS) is 13.9. The van der Waals surface area contributed by atoms with Gasteiger partial charge < -0.3 is 10.2 Å². The van der Waals surface area contributed by atoms with Crippen molar-refractivity contribution >= 4 is 40.8 Å². The molecule has 0 unspecified atom stereocenters. The summed E-state index contributed by atoms with van der Waals surface area (Å²) in [5.74, 6) is 0. The lowest BCUT2D eigenvalue weighted by Crippen LogP contribution is -2.43. The number of halogens is 1. The molecule has 10 heteroatoms. The molecule has 2 N–H and O–H groups in total. The Hall–Kier alpha value is -3.27. The van der Waals surface area contributed by atoms with Crippen LogP contribution in [0.3, 0.4) is 0 Å². The molecule has 1 aliphatic rings. The molecule has 0 bridgehead atoms. The Balaban J connectivity index is 0.00000259. The Morgan fingerprint density at radius 1 is 1.00 bits per heavy atom. The number of aromatic amines is 1. The summed E-state index contributed by atoms with van der Waals surface area (Å²) < 4.78 is 1.43. The van der Waals surface area contributed by atoms with Crippen molar-refractivity contribution in [2.45, 2.75) is 6.92 Å². The van der Waals surface area contributed by atoms with Crippen molar-refractivity contribution < 1.29 is 0 Å². The van der Waals surface area contributed by atoms with Crippen molar-refractivity contribution in [1.29, 1.82) is 0 Å². The van der Waals surface area contributed by atoms with Gasteiger partial charge in [0.15, 0.2) is 5.69 Å². The molecule has 1 fully saturated rings. The van der Waals surface area contributed by atoms with E-state index in [2.05, 4.69) is 30.5 Å². The minimum absolute atomic E-state index is 0. The molecule has 5 rings (SSSR count). The topological polar surface area (TPSA) is 90.7 Å². The van der Waals surface area contributed by atoms with Crippen LogP contribution in [0.25, 0.3) is 16.4 Å². The number of hydrogen-bond donors (Lipinski definition) is 2. The monoisotopic (exact) mass is 481 g/mol. The Labute approximate surface area is 201 Å². The molecule has 2 aromatic carbocycles. The van der Waals surface area contributed by atoms with Crippen molar-refractivity contribution in [3.8, 4) is 16.4 Å². The predicted octanol–water partition coefficient (Wildman–Crippen LogP) is 4.84. The highest BCUT2D eigenvalue weighted by Crippen LogP contribution is 2.30. The lowest BCUT2D eigenvalue weighted by atomic mass is 10.2. The largest absolute Gasteiger partial charge is 0.367 e. The SMILES string of the molecule is Cc1[nH]n(-c2nc(-c3ccccc3)cs2)c(=O)c1N=Nc1ccccc1N1CCNCC1.Cl. The van der Waals surface area contributed by atoms with E-state index in [0.717, 1.165) is 48.8 Å². The van der Waals surface area contributed by atoms with Crippen LogP contribution in [0.5, 0.6) is 0 Å². The van der Waals surface area contributed by atoms with Gasteiger partial charge in [0.1, 0.15) is 5.69 Å². The molecule has 0 radical (unpaired) electrons. The molecule has 0 saturated carbocycles. The zero-order valence-electron chi connectivity index (χ0n) is 18.1. The molecular formula is C23H24ClN7OS. The highest BCUT2D eigenvalue weighted by Gasteiger charge is 2.17. The second kappa shape index (κ2) is 10.1. The maximum Gasteiger partial charge on any atom is 0.301 e. The molecule has 3 heterocycles. The van der Waals surface area contributed by atoms with E-state index in [1.165, 1.54) is 16.0 Å². The van der Waals surface area contributed by atoms with Crippen molar-refractivity contribution in [3.05, 3.63) is 76.0 Å². The Morgan fingerprint density at radius 2 is 1.73 bits per heavy atom. The van der Waals surface area contributed by atoms with Crippen molar-refractivity contribution in [2.75, 3.05) is 31.1 Å². The maximum absolute atomic E-state index is 13.1. The number of thiazole rings is 1. The number of nitrogens with zero attached hydrogens (tertiary/aromatic N) is 5. The van der Waals surface area contributed by atoms with Crippen LogP contribution in [0.15, 0.2) is 75.0 Å². The smallest absolute Gasteiger partial charge is 0.301 e. The van der Waals surface area contributed by atoms with Crippen molar-refractivity contribution in [3.63, 3.8) is 0 Å². The molecular weight excluding hydrogens is 458 g/mol. The summed E-state index contributed by atoms with van der Waals surface area (Å²) in [5.41, 5.74) is 4.29. The second-order valence-electron chi connectivity index (χ2n) is 7.53. The van der Waals surface area contributed by atoms with E-state index in [-0.39, 0.29) is 23.7 Å². The van der Waals surface area contributed by atoms with Crippen LogP contribution < -0.4 is 15.8 Å². The summed E-state index contributed by atoms with van der Waals surface area (Å²) in [7, 11) is 0. The molecule has 0 spiro atoms. The third-order valence-corrected chi connectivity index (χ3v) is 6.22. The van der Waals surface area contributed by atoms with Gasteiger partial charge in [0.2, 0.25) is 5.13 Å². The molecule has 0 amide bonds. The maximum atomic E-state index is 13.1. The third kappa shape index (κ3) is 4.75. The fourth-order valence-corrected chi connectivity index (χ4v) is 4.52. The molecule has 2 aromatic heterocycles. The molecule has 1 saturated heterocycles. The van der Waals surface area contributed by atoms with Crippen LogP contribution >= 0.6 is 23.7 Å². The standard InChI is InChI=1S/C23H23N7OS.ClH/c1-16-21(27-26-18-9-5-6-10-20(18)29-13-11-24-12-14-29)22(31)30(28-16)23-25-19(15-32-23)17-7-3-2-4-8-17;/h2-10,15,24,28H,11-14H2,1H3;1H.